The van der Waals surface area contributed by atoms with Gasteiger partial charge in [-0.1, -0.05) is 37.3 Å². The Kier molecular flexibility index (Phi) is 6.70. The summed E-state index contributed by atoms with van der Waals surface area (Å²) in [6.45, 7) is 8.51. The van der Waals surface area contributed by atoms with Crippen LogP contribution >= 0.6 is 0 Å². The van der Waals surface area contributed by atoms with Gasteiger partial charge in [0.25, 0.3) is 0 Å². The predicted molar refractivity (Wildman–Crippen MR) is 119 cm³/mol. The third-order valence-corrected chi connectivity index (χ3v) is 6.38. The van der Waals surface area contributed by atoms with Crippen LogP contribution in [0.1, 0.15) is 36.6 Å². The number of morpholine rings is 1. The van der Waals surface area contributed by atoms with Crippen molar-refractivity contribution >= 4 is 11.0 Å². The molecule has 0 spiro atoms. The molecule has 31 heavy (non-hydrogen) atoms. The van der Waals surface area contributed by atoms with Crippen LogP contribution in [0.3, 0.4) is 0 Å². The lowest BCUT2D eigenvalue weighted by Gasteiger charge is -2.34. The first kappa shape index (κ1) is 21.6. The highest BCUT2D eigenvalue weighted by molar-refractivity contribution is 5.82. The summed E-state index contributed by atoms with van der Waals surface area (Å²) < 4.78 is 10.9. The van der Waals surface area contributed by atoms with E-state index < -0.39 is 0 Å². The second-order valence-electron chi connectivity index (χ2n) is 8.38. The van der Waals surface area contributed by atoms with Gasteiger partial charge in [0.15, 0.2) is 6.04 Å². The van der Waals surface area contributed by atoms with Crippen LogP contribution in [0.2, 0.25) is 0 Å². The predicted octanol–water partition coefficient (Wildman–Crippen LogP) is 1.17. The van der Waals surface area contributed by atoms with Gasteiger partial charge in [0.05, 0.1) is 13.2 Å². The van der Waals surface area contributed by atoms with Crippen molar-refractivity contribution in [1.29, 1.82) is 0 Å². The molecule has 1 fully saturated rings. The summed E-state index contributed by atoms with van der Waals surface area (Å²) in [4.78, 5) is 13.7. The highest BCUT2D eigenvalue weighted by atomic mass is 16.5. The molecule has 4 rings (SSSR count). The fourth-order valence-corrected chi connectivity index (χ4v) is 4.72. The maximum absolute atomic E-state index is 12.1. The van der Waals surface area contributed by atoms with E-state index in [2.05, 4.69) is 42.6 Å². The van der Waals surface area contributed by atoms with Crippen molar-refractivity contribution in [3.63, 3.8) is 0 Å². The number of hydrogen-bond acceptors (Lipinski definition) is 4. The van der Waals surface area contributed by atoms with Gasteiger partial charge in [-0.3, -0.25) is 0 Å². The van der Waals surface area contributed by atoms with E-state index in [9.17, 15) is 9.90 Å². The highest BCUT2D eigenvalue weighted by Crippen LogP contribution is 2.26. The minimum absolute atomic E-state index is 0.174. The topological polar surface area (TPSA) is 80.7 Å². The van der Waals surface area contributed by atoms with Gasteiger partial charge in [-0.25, -0.2) is 4.79 Å². The molecule has 2 atom stereocenters. The molecular weight excluding hydrogens is 392 g/mol. The molecule has 164 valence electrons. The molecule has 0 bridgehead atoms. The molecule has 0 unspecified atom stereocenters. The van der Waals surface area contributed by atoms with E-state index in [1.165, 1.54) is 10.5 Å². The summed E-state index contributed by atoms with van der Waals surface area (Å²) in [5.74, 6) is 0.174. The van der Waals surface area contributed by atoms with Crippen LogP contribution in [0.4, 0.5) is 0 Å². The van der Waals surface area contributed by atoms with Gasteiger partial charge in [0.2, 0.25) is 0 Å². The summed E-state index contributed by atoms with van der Waals surface area (Å²) in [7, 11) is 0. The van der Waals surface area contributed by atoms with E-state index in [-0.39, 0.29) is 11.4 Å². The maximum atomic E-state index is 12.1. The maximum Gasteiger partial charge on any atom is 0.336 e. The van der Waals surface area contributed by atoms with Gasteiger partial charge in [0, 0.05) is 28.6 Å². The molecule has 1 saturated heterocycles. The summed E-state index contributed by atoms with van der Waals surface area (Å²) in [6, 6.07) is 16.4. The van der Waals surface area contributed by atoms with E-state index in [4.69, 9.17) is 9.15 Å². The average molecular weight is 425 g/mol. The number of quaternary nitrogens is 2. The zero-order valence-electron chi connectivity index (χ0n) is 18.3. The van der Waals surface area contributed by atoms with Crippen LogP contribution in [-0.2, 0) is 17.7 Å². The Bertz CT molecular complexity index is 1070. The summed E-state index contributed by atoms with van der Waals surface area (Å²) in [6.07, 6.45) is 0.719. The normalized spacial score (nSPS) is 17.0. The Morgan fingerprint density at radius 1 is 1.10 bits per heavy atom. The molecule has 6 nitrogen and oxygen atoms in total. The van der Waals surface area contributed by atoms with Gasteiger partial charge in [-0.15, -0.1) is 0 Å². The first-order valence-corrected chi connectivity index (χ1v) is 11.2. The van der Waals surface area contributed by atoms with Crippen LogP contribution in [0.5, 0.6) is 5.75 Å². The van der Waals surface area contributed by atoms with Gasteiger partial charge < -0.3 is 24.5 Å². The van der Waals surface area contributed by atoms with Crippen molar-refractivity contribution in [3.8, 4) is 5.75 Å². The summed E-state index contributed by atoms with van der Waals surface area (Å²) >= 11 is 0. The number of benzene rings is 2. The van der Waals surface area contributed by atoms with Crippen molar-refractivity contribution in [2.24, 2.45) is 0 Å². The molecular formula is C25H32N2O4+2. The Hall–Kier alpha value is -2.67. The minimum Gasteiger partial charge on any atom is -0.508 e. The number of phenolic OH excluding ortho intramolecular Hbond substituents is 1. The first-order valence-electron chi connectivity index (χ1n) is 11.2. The number of hydrogen-bond donors (Lipinski definition) is 3. The summed E-state index contributed by atoms with van der Waals surface area (Å²) in [5.41, 5.74) is 3.19. The molecule has 1 aromatic heterocycles. The van der Waals surface area contributed by atoms with Crippen molar-refractivity contribution in [2.75, 3.05) is 26.3 Å². The molecule has 2 heterocycles. The number of rotatable bonds is 7. The van der Waals surface area contributed by atoms with Crippen LogP contribution in [0.15, 0.2) is 57.7 Å². The number of ether oxygens (including phenoxy) is 1. The zero-order chi connectivity index (χ0) is 21.8. The largest absolute Gasteiger partial charge is 0.508 e. The van der Waals surface area contributed by atoms with Crippen molar-refractivity contribution in [3.05, 3.63) is 75.6 Å². The number of nitrogens with one attached hydrogen (secondary N) is 1. The van der Waals surface area contributed by atoms with E-state index in [0.29, 0.717) is 24.2 Å². The van der Waals surface area contributed by atoms with E-state index >= 15 is 0 Å². The molecule has 0 amide bonds. The van der Waals surface area contributed by atoms with E-state index in [1.807, 2.05) is 13.0 Å². The lowest BCUT2D eigenvalue weighted by Crippen LogP contribution is -3.17. The van der Waals surface area contributed by atoms with Crippen LogP contribution in [0.25, 0.3) is 11.0 Å². The van der Waals surface area contributed by atoms with Crippen molar-refractivity contribution in [2.45, 2.75) is 38.9 Å². The van der Waals surface area contributed by atoms with E-state index in [0.717, 1.165) is 49.2 Å². The molecule has 2 aromatic carbocycles. The van der Waals surface area contributed by atoms with Gasteiger partial charge >= 0.3 is 5.63 Å². The fraction of sp³-hybridized carbons (Fsp3) is 0.400. The fourth-order valence-electron chi connectivity index (χ4n) is 4.72. The van der Waals surface area contributed by atoms with Crippen LogP contribution in [0, 0.1) is 0 Å². The molecule has 1 aliphatic rings. The lowest BCUT2D eigenvalue weighted by atomic mass is 9.97. The second-order valence-corrected chi connectivity index (χ2v) is 8.38. The lowest BCUT2D eigenvalue weighted by molar-refractivity contribution is -0.959. The van der Waals surface area contributed by atoms with Gasteiger partial charge in [-0.2, -0.15) is 0 Å². The third kappa shape index (κ3) is 4.82. The molecule has 0 radical (unpaired) electrons. The smallest absolute Gasteiger partial charge is 0.336 e. The number of fused-ring (bicyclic) bond motifs is 1. The average Bonchev–Trinajstić information content (AvgIpc) is 2.78. The molecule has 1 aliphatic heterocycles. The zero-order valence-corrected chi connectivity index (χ0v) is 18.3. The monoisotopic (exact) mass is 424 g/mol. The summed E-state index contributed by atoms with van der Waals surface area (Å²) in [5, 5.41) is 13.4. The van der Waals surface area contributed by atoms with Gasteiger partial charge in [-0.05, 0) is 25.0 Å². The van der Waals surface area contributed by atoms with Gasteiger partial charge in [0.1, 0.15) is 37.0 Å². The first-order chi connectivity index (χ1) is 15.1. The minimum atomic E-state index is -0.384. The Balaban J connectivity index is 1.61. The van der Waals surface area contributed by atoms with E-state index in [1.54, 1.807) is 12.1 Å². The molecule has 3 aromatic rings. The standard InChI is InChI=1S/C25H30N2O4/c1-3-18-13-21-20(14-24(29)31-23(21)15-22(18)28)16-26-17(2)25(19-7-5-4-6-8-19)27-9-11-30-12-10-27/h4-8,13-15,17,25-26,28H,3,9-12,16H2,1-2H3/p+2/t17-,25+/m1/s1. The number of aromatic hydroxyl groups is 1. The van der Waals surface area contributed by atoms with Crippen molar-refractivity contribution < 1.29 is 24.5 Å². The quantitative estimate of drug-likeness (QED) is 0.498. The molecule has 4 N–H and O–H groups in total. The third-order valence-electron chi connectivity index (χ3n) is 6.38. The molecule has 0 saturated carbocycles. The number of nitrogens with two attached hydrogens (primary N) is 1. The highest BCUT2D eigenvalue weighted by Gasteiger charge is 2.33. The second kappa shape index (κ2) is 9.64. The number of aryl methyl sites for hydroxylation is 1. The molecule has 6 heteroatoms. The van der Waals surface area contributed by atoms with Crippen molar-refractivity contribution in [1.82, 2.24) is 0 Å². The SMILES string of the molecule is CCc1cc2c(C[NH2+][C@H](C)[C@@H](c3ccccc3)[NH+]3CCOCC3)cc(=O)oc2cc1O. The number of phenols is 1. The van der Waals surface area contributed by atoms with Crippen LogP contribution in [-0.4, -0.2) is 37.5 Å². The Labute approximate surface area is 182 Å². The van der Waals surface area contributed by atoms with Crippen LogP contribution < -0.4 is 15.8 Å². The Morgan fingerprint density at radius 2 is 1.84 bits per heavy atom. The Morgan fingerprint density at radius 3 is 2.55 bits per heavy atom. The molecule has 0 aliphatic carbocycles.